The van der Waals surface area contributed by atoms with Gasteiger partial charge in [0.25, 0.3) is 0 Å². The number of aromatic nitrogens is 3. The molecule has 0 bridgehead atoms. The van der Waals surface area contributed by atoms with Crippen LogP contribution in [-0.2, 0) is 0 Å². The van der Waals surface area contributed by atoms with Crippen LogP contribution in [0.25, 0.3) is 0 Å². The molecule has 0 aromatic carbocycles. The second-order valence-electron chi connectivity index (χ2n) is 2.33. The highest BCUT2D eigenvalue weighted by Crippen LogP contribution is 2.13. The van der Waals surface area contributed by atoms with Crippen LogP contribution in [0, 0.1) is 0 Å². The van der Waals surface area contributed by atoms with E-state index in [1.165, 1.54) is 0 Å². The zero-order chi connectivity index (χ0) is 7.56. The molecule has 0 radical (unpaired) electrons. The van der Waals surface area contributed by atoms with Crippen molar-refractivity contribution in [1.29, 1.82) is 0 Å². The van der Waals surface area contributed by atoms with Crippen LogP contribution in [0.4, 0.5) is 0 Å². The van der Waals surface area contributed by atoms with Crippen LogP contribution in [0.1, 0.15) is 25.6 Å². The van der Waals surface area contributed by atoms with E-state index >= 15 is 0 Å². The molecule has 0 atom stereocenters. The van der Waals surface area contributed by atoms with Gasteiger partial charge >= 0.3 is 0 Å². The first kappa shape index (κ1) is 7.60. The highest BCUT2D eigenvalue weighted by molar-refractivity contribution is 7.97. The molecule has 3 nitrogen and oxygen atoms in total. The average Bonchev–Trinajstić information content (AvgIpc) is 2.33. The molecular formula is C6H11N3S. The van der Waals surface area contributed by atoms with E-state index in [2.05, 4.69) is 23.9 Å². The first-order chi connectivity index (χ1) is 4.75. The van der Waals surface area contributed by atoms with Crippen LogP contribution in [0.15, 0.2) is 6.33 Å². The Hall–Kier alpha value is -0.510. The zero-order valence-corrected chi connectivity index (χ0v) is 7.22. The largest absolute Gasteiger partial charge is 0.219 e. The molecule has 0 saturated carbocycles. The lowest BCUT2D eigenvalue weighted by atomic mass is 10.2. The Bertz CT molecular complexity index is 207. The van der Waals surface area contributed by atoms with Crippen molar-refractivity contribution in [2.45, 2.75) is 19.8 Å². The fourth-order valence-corrected chi connectivity index (χ4v) is 1.33. The molecule has 0 aliphatic carbocycles. The van der Waals surface area contributed by atoms with E-state index in [0.717, 1.165) is 5.82 Å². The van der Waals surface area contributed by atoms with Crippen LogP contribution in [0.3, 0.4) is 0 Å². The summed E-state index contributed by atoms with van der Waals surface area (Å²) in [5, 5.41) is 4.02. The van der Waals surface area contributed by atoms with Gasteiger partial charge in [0.15, 0.2) is 0 Å². The van der Waals surface area contributed by atoms with Crippen LogP contribution in [-0.4, -0.2) is 20.4 Å². The molecule has 10 heavy (non-hydrogen) atoms. The van der Waals surface area contributed by atoms with Gasteiger partial charge in [-0.1, -0.05) is 13.8 Å². The summed E-state index contributed by atoms with van der Waals surface area (Å²) in [6.07, 6.45) is 3.58. The molecule has 1 heterocycles. The number of rotatable bonds is 2. The minimum absolute atomic E-state index is 0.454. The molecule has 0 aliphatic heterocycles. The highest BCUT2D eigenvalue weighted by Gasteiger charge is 2.06. The van der Waals surface area contributed by atoms with Gasteiger partial charge in [0, 0.05) is 12.2 Å². The molecule has 0 spiro atoms. The Morgan fingerprint density at radius 1 is 1.60 bits per heavy atom. The second-order valence-corrected chi connectivity index (χ2v) is 3.04. The third-order valence-corrected chi connectivity index (χ3v) is 1.86. The molecule has 1 aromatic rings. The summed E-state index contributed by atoms with van der Waals surface area (Å²) in [5.41, 5.74) is 0. The van der Waals surface area contributed by atoms with E-state index in [0.29, 0.717) is 5.92 Å². The normalized spacial score (nSPS) is 10.8. The first-order valence-corrected chi connectivity index (χ1v) is 4.38. The Labute approximate surface area is 65.0 Å². The molecule has 0 aliphatic rings. The summed E-state index contributed by atoms with van der Waals surface area (Å²) in [6, 6.07) is 0. The summed E-state index contributed by atoms with van der Waals surface area (Å²) >= 11 is 1.57. The molecule has 0 unspecified atom stereocenters. The van der Waals surface area contributed by atoms with Crippen LogP contribution < -0.4 is 0 Å². The maximum atomic E-state index is 4.12. The summed E-state index contributed by atoms with van der Waals surface area (Å²) in [7, 11) is 0. The fraction of sp³-hybridized carbons (Fsp3) is 0.667. The van der Waals surface area contributed by atoms with Crippen molar-refractivity contribution >= 4 is 11.9 Å². The van der Waals surface area contributed by atoms with Gasteiger partial charge in [-0.25, -0.2) is 4.98 Å². The van der Waals surface area contributed by atoms with Crippen LogP contribution in [0.2, 0.25) is 0 Å². The second kappa shape index (κ2) is 3.05. The number of hydrogen-bond acceptors (Lipinski definition) is 3. The van der Waals surface area contributed by atoms with Gasteiger partial charge in [-0.2, -0.15) is 4.09 Å². The van der Waals surface area contributed by atoms with Crippen LogP contribution >= 0.6 is 11.9 Å². The lowest BCUT2D eigenvalue weighted by molar-refractivity contribution is 0.760. The Balaban J connectivity index is 2.90. The van der Waals surface area contributed by atoms with Gasteiger partial charge in [-0.15, -0.1) is 5.10 Å². The van der Waals surface area contributed by atoms with E-state index < -0.39 is 0 Å². The van der Waals surface area contributed by atoms with Crippen molar-refractivity contribution in [3.05, 3.63) is 12.2 Å². The fourth-order valence-electron chi connectivity index (χ4n) is 0.751. The van der Waals surface area contributed by atoms with Crippen molar-refractivity contribution in [3.63, 3.8) is 0 Å². The predicted octanol–water partition coefficient (Wildman–Crippen LogP) is 1.53. The Kier molecular flexibility index (Phi) is 2.32. The molecular weight excluding hydrogens is 146 g/mol. The Morgan fingerprint density at radius 3 is 2.70 bits per heavy atom. The van der Waals surface area contributed by atoms with Crippen molar-refractivity contribution in [3.8, 4) is 0 Å². The first-order valence-electron chi connectivity index (χ1n) is 3.20. The molecule has 0 amide bonds. The van der Waals surface area contributed by atoms with Crippen molar-refractivity contribution < 1.29 is 0 Å². The highest BCUT2D eigenvalue weighted by atomic mass is 32.2. The monoisotopic (exact) mass is 157 g/mol. The molecule has 1 rings (SSSR count). The minimum Gasteiger partial charge on any atom is -0.219 e. The number of nitrogens with zero attached hydrogens (tertiary/aromatic N) is 3. The van der Waals surface area contributed by atoms with E-state index in [-0.39, 0.29) is 0 Å². The third-order valence-electron chi connectivity index (χ3n) is 1.23. The lowest BCUT2D eigenvalue weighted by Crippen LogP contribution is -1.98. The van der Waals surface area contributed by atoms with Gasteiger partial charge in [-0.3, -0.25) is 0 Å². The summed E-state index contributed by atoms with van der Waals surface area (Å²) in [6.45, 7) is 4.22. The van der Waals surface area contributed by atoms with E-state index in [1.807, 2.05) is 10.3 Å². The number of hydrogen-bond donors (Lipinski definition) is 0. The van der Waals surface area contributed by atoms with Gasteiger partial charge in [0.1, 0.15) is 12.2 Å². The molecule has 56 valence electrons. The van der Waals surface area contributed by atoms with E-state index in [9.17, 15) is 0 Å². The van der Waals surface area contributed by atoms with Gasteiger partial charge in [0.05, 0.1) is 0 Å². The van der Waals surface area contributed by atoms with E-state index in [1.54, 1.807) is 18.3 Å². The van der Waals surface area contributed by atoms with Crippen LogP contribution in [0.5, 0.6) is 0 Å². The predicted molar refractivity (Wildman–Crippen MR) is 43.0 cm³/mol. The van der Waals surface area contributed by atoms with Gasteiger partial charge < -0.3 is 0 Å². The quantitative estimate of drug-likeness (QED) is 0.652. The molecule has 0 fully saturated rings. The molecule has 0 saturated heterocycles. The lowest BCUT2D eigenvalue weighted by Gasteiger charge is -2.02. The minimum atomic E-state index is 0.454. The van der Waals surface area contributed by atoms with Crippen molar-refractivity contribution in [1.82, 2.24) is 14.2 Å². The van der Waals surface area contributed by atoms with Crippen molar-refractivity contribution in [2.75, 3.05) is 6.26 Å². The summed E-state index contributed by atoms with van der Waals surface area (Å²) in [4.78, 5) is 4.12. The SMILES string of the molecule is CSn1ncnc1C(C)C. The van der Waals surface area contributed by atoms with Gasteiger partial charge in [-0.05, 0) is 11.9 Å². The molecule has 1 aromatic heterocycles. The summed E-state index contributed by atoms with van der Waals surface area (Å²) < 4.78 is 1.84. The maximum absolute atomic E-state index is 4.12. The Morgan fingerprint density at radius 2 is 2.30 bits per heavy atom. The topological polar surface area (TPSA) is 30.7 Å². The van der Waals surface area contributed by atoms with Crippen molar-refractivity contribution in [2.24, 2.45) is 0 Å². The summed E-state index contributed by atoms with van der Waals surface area (Å²) in [5.74, 6) is 1.49. The standard InChI is InChI=1S/C6H11N3S/c1-5(2)6-7-4-8-9(6)10-3/h4-5H,1-3H3. The van der Waals surface area contributed by atoms with Gasteiger partial charge in [0.2, 0.25) is 0 Å². The molecule has 4 heteroatoms. The maximum Gasteiger partial charge on any atom is 0.141 e. The zero-order valence-electron chi connectivity index (χ0n) is 6.40. The van der Waals surface area contributed by atoms with E-state index in [4.69, 9.17) is 0 Å². The molecule has 0 N–H and O–H groups in total. The smallest absolute Gasteiger partial charge is 0.141 e. The average molecular weight is 157 g/mol. The third kappa shape index (κ3) is 1.31.